The molecule has 2 N–H and O–H groups in total. The first kappa shape index (κ1) is 17.0. The monoisotopic (exact) mass is 317 g/mol. The second-order valence-electron chi connectivity index (χ2n) is 5.58. The highest BCUT2D eigenvalue weighted by atomic mass is 16.3. The summed E-state index contributed by atoms with van der Waals surface area (Å²) in [6.45, 7) is 4.37. The number of hydrogen-bond donors (Lipinski definition) is 2. The van der Waals surface area contributed by atoms with E-state index < -0.39 is 0 Å². The van der Waals surface area contributed by atoms with Gasteiger partial charge in [-0.3, -0.25) is 4.79 Å². The number of aryl methyl sites for hydroxylation is 1. The van der Waals surface area contributed by atoms with E-state index in [2.05, 4.69) is 15.4 Å². The molecule has 1 aromatic heterocycles. The smallest absolute Gasteiger partial charge is 0.251 e. The molecular formula is C16H23N5O2. The van der Waals surface area contributed by atoms with E-state index >= 15 is 0 Å². The summed E-state index contributed by atoms with van der Waals surface area (Å²) >= 11 is 0. The molecule has 0 aliphatic heterocycles. The third-order valence-electron chi connectivity index (χ3n) is 3.39. The zero-order valence-corrected chi connectivity index (χ0v) is 13.9. The summed E-state index contributed by atoms with van der Waals surface area (Å²) in [6.07, 6.45) is 0. The van der Waals surface area contributed by atoms with Crippen molar-refractivity contribution in [2.75, 3.05) is 25.6 Å². The van der Waals surface area contributed by atoms with Crippen molar-refractivity contribution in [3.8, 4) is 11.4 Å². The number of amides is 1. The van der Waals surface area contributed by atoms with Crippen LogP contribution in [0.3, 0.4) is 0 Å². The van der Waals surface area contributed by atoms with Crippen LogP contribution in [0.1, 0.15) is 24.2 Å². The van der Waals surface area contributed by atoms with Crippen molar-refractivity contribution < 1.29 is 9.90 Å². The fraction of sp³-hybridized carbons (Fsp3) is 0.438. The van der Waals surface area contributed by atoms with Crippen LogP contribution in [0.4, 0.5) is 5.95 Å². The fourth-order valence-electron chi connectivity index (χ4n) is 2.15. The quantitative estimate of drug-likeness (QED) is 0.835. The van der Waals surface area contributed by atoms with E-state index in [0.29, 0.717) is 17.9 Å². The maximum Gasteiger partial charge on any atom is 0.251 e. The van der Waals surface area contributed by atoms with Crippen LogP contribution in [0.2, 0.25) is 0 Å². The minimum Gasteiger partial charge on any atom is -0.394 e. The second kappa shape index (κ2) is 7.23. The lowest BCUT2D eigenvalue weighted by molar-refractivity contribution is 0.0922. The molecule has 0 aliphatic carbocycles. The lowest BCUT2D eigenvalue weighted by Crippen LogP contribution is -2.34. The van der Waals surface area contributed by atoms with Gasteiger partial charge in [-0.05, 0) is 26.0 Å². The van der Waals surface area contributed by atoms with Crippen molar-refractivity contribution >= 4 is 11.9 Å². The van der Waals surface area contributed by atoms with Crippen molar-refractivity contribution in [2.45, 2.75) is 26.4 Å². The lowest BCUT2D eigenvalue weighted by atomic mass is 10.1. The molecule has 0 spiro atoms. The topological polar surface area (TPSA) is 83.3 Å². The number of carbonyl (C=O) groups is 1. The Labute approximate surface area is 136 Å². The lowest BCUT2D eigenvalue weighted by Gasteiger charge is -2.11. The molecule has 7 nitrogen and oxygen atoms in total. The molecule has 0 aliphatic rings. The van der Waals surface area contributed by atoms with Crippen LogP contribution in [0.5, 0.6) is 0 Å². The zero-order valence-electron chi connectivity index (χ0n) is 13.9. The van der Waals surface area contributed by atoms with Gasteiger partial charge in [0.05, 0.1) is 6.61 Å². The van der Waals surface area contributed by atoms with Gasteiger partial charge in [-0.2, -0.15) is 4.98 Å². The van der Waals surface area contributed by atoms with Gasteiger partial charge in [0.25, 0.3) is 5.91 Å². The van der Waals surface area contributed by atoms with Crippen LogP contribution in [-0.2, 0) is 6.54 Å². The van der Waals surface area contributed by atoms with Gasteiger partial charge in [0, 0.05) is 37.8 Å². The molecule has 0 unspecified atom stereocenters. The van der Waals surface area contributed by atoms with Gasteiger partial charge in [0.1, 0.15) is 0 Å². The molecule has 124 valence electrons. The molecule has 0 fully saturated rings. The minimum absolute atomic E-state index is 0.0971. The molecule has 1 heterocycles. The van der Waals surface area contributed by atoms with Crippen molar-refractivity contribution in [2.24, 2.45) is 0 Å². The van der Waals surface area contributed by atoms with E-state index in [0.717, 1.165) is 11.5 Å². The normalized spacial score (nSPS) is 12.0. The molecule has 1 atom stereocenters. The Bertz CT molecular complexity index is 681. The van der Waals surface area contributed by atoms with Gasteiger partial charge < -0.3 is 15.3 Å². The van der Waals surface area contributed by atoms with Gasteiger partial charge in [-0.1, -0.05) is 12.1 Å². The summed E-state index contributed by atoms with van der Waals surface area (Å²) in [4.78, 5) is 18.6. The molecule has 0 saturated heterocycles. The number of aliphatic hydroxyl groups excluding tert-OH is 1. The number of anilines is 1. The second-order valence-corrected chi connectivity index (χ2v) is 5.58. The van der Waals surface area contributed by atoms with Crippen LogP contribution in [0.25, 0.3) is 11.4 Å². The van der Waals surface area contributed by atoms with E-state index in [-0.39, 0.29) is 18.6 Å². The SMILES string of the molecule is CCn1nc(-c2cccc(C(=O)N[C@H](C)CO)c2)nc1N(C)C. The third kappa shape index (κ3) is 3.87. The van der Waals surface area contributed by atoms with Crippen LogP contribution >= 0.6 is 0 Å². The van der Waals surface area contributed by atoms with E-state index in [4.69, 9.17) is 5.11 Å². The number of aliphatic hydroxyl groups is 1. The Kier molecular flexibility index (Phi) is 5.33. The average molecular weight is 317 g/mol. The molecule has 1 amide bonds. The number of aromatic nitrogens is 3. The molecule has 23 heavy (non-hydrogen) atoms. The highest BCUT2D eigenvalue weighted by Gasteiger charge is 2.14. The van der Waals surface area contributed by atoms with Gasteiger partial charge >= 0.3 is 0 Å². The third-order valence-corrected chi connectivity index (χ3v) is 3.39. The zero-order chi connectivity index (χ0) is 17.0. The molecule has 0 radical (unpaired) electrons. The number of rotatable bonds is 6. The first-order chi connectivity index (χ1) is 11.0. The Hall–Kier alpha value is -2.41. The van der Waals surface area contributed by atoms with Crippen LogP contribution in [-0.4, -0.2) is 52.5 Å². The number of hydrogen-bond acceptors (Lipinski definition) is 5. The Morgan fingerprint density at radius 3 is 2.74 bits per heavy atom. The summed E-state index contributed by atoms with van der Waals surface area (Å²) in [7, 11) is 3.83. The summed E-state index contributed by atoms with van der Waals surface area (Å²) < 4.78 is 1.82. The van der Waals surface area contributed by atoms with Crippen LogP contribution < -0.4 is 10.2 Å². The van der Waals surface area contributed by atoms with E-state index in [1.54, 1.807) is 25.1 Å². The maximum atomic E-state index is 12.2. The number of nitrogens with zero attached hydrogens (tertiary/aromatic N) is 4. The minimum atomic E-state index is -0.288. The standard InChI is InChI=1S/C16H23N5O2/c1-5-21-16(20(3)4)18-14(19-21)12-7-6-8-13(9-12)15(23)17-11(2)10-22/h6-9,11,22H,5,10H2,1-4H3,(H,17,23)/t11-/m1/s1. The Morgan fingerprint density at radius 2 is 2.17 bits per heavy atom. The highest BCUT2D eigenvalue weighted by molar-refractivity contribution is 5.95. The first-order valence-electron chi connectivity index (χ1n) is 7.60. The van der Waals surface area contributed by atoms with Crippen molar-refractivity contribution in [1.29, 1.82) is 0 Å². The number of carbonyl (C=O) groups excluding carboxylic acids is 1. The summed E-state index contributed by atoms with van der Waals surface area (Å²) in [5, 5.41) is 16.3. The fourth-order valence-corrected chi connectivity index (χ4v) is 2.15. The molecule has 2 rings (SSSR count). The van der Waals surface area contributed by atoms with Crippen molar-refractivity contribution in [3.05, 3.63) is 29.8 Å². The van der Waals surface area contributed by atoms with Gasteiger partial charge in [-0.15, -0.1) is 5.10 Å². The maximum absolute atomic E-state index is 12.2. The average Bonchev–Trinajstić information content (AvgIpc) is 2.99. The van der Waals surface area contributed by atoms with E-state index in [1.807, 2.05) is 36.7 Å². The van der Waals surface area contributed by atoms with Crippen LogP contribution in [0, 0.1) is 0 Å². The van der Waals surface area contributed by atoms with Crippen molar-refractivity contribution in [3.63, 3.8) is 0 Å². The summed E-state index contributed by atoms with van der Waals surface area (Å²) in [5.41, 5.74) is 1.30. The van der Waals surface area contributed by atoms with Crippen molar-refractivity contribution in [1.82, 2.24) is 20.1 Å². The molecule has 7 heteroatoms. The molecule has 0 saturated carbocycles. The highest BCUT2D eigenvalue weighted by Crippen LogP contribution is 2.20. The van der Waals surface area contributed by atoms with E-state index in [1.165, 1.54) is 0 Å². The largest absolute Gasteiger partial charge is 0.394 e. The molecule has 1 aromatic carbocycles. The van der Waals surface area contributed by atoms with Gasteiger partial charge in [0.2, 0.25) is 5.95 Å². The first-order valence-corrected chi connectivity index (χ1v) is 7.60. The van der Waals surface area contributed by atoms with Gasteiger partial charge in [-0.25, -0.2) is 4.68 Å². The Morgan fingerprint density at radius 1 is 1.43 bits per heavy atom. The van der Waals surface area contributed by atoms with Crippen LogP contribution in [0.15, 0.2) is 24.3 Å². The number of benzene rings is 1. The Balaban J connectivity index is 2.31. The molecule has 0 bridgehead atoms. The van der Waals surface area contributed by atoms with E-state index in [9.17, 15) is 4.79 Å². The molecular weight excluding hydrogens is 294 g/mol. The van der Waals surface area contributed by atoms with Gasteiger partial charge in [0.15, 0.2) is 5.82 Å². The molecule has 2 aromatic rings. The summed E-state index contributed by atoms with van der Waals surface area (Å²) in [5.74, 6) is 1.13. The predicted molar refractivity (Wildman–Crippen MR) is 89.5 cm³/mol. The predicted octanol–water partition coefficient (Wildman–Crippen LogP) is 1.14. The summed E-state index contributed by atoms with van der Waals surface area (Å²) in [6, 6.07) is 6.88. The number of nitrogens with one attached hydrogen (secondary N) is 1.